The van der Waals surface area contributed by atoms with Crippen LogP contribution in [0.2, 0.25) is 0 Å². The SMILES string of the molecule is O=C(Cc1cccc2ccccc12)NCCS(=O)(=O)N1CCN(c2ccccc2F)CC1. The number of nitrogens with one attached hydrogen (secondary N) is 1. The van der Waals surface area contributed by atoms with Gasteiger partial charge in [0.15, 0.2) is 0 Å². The number of benzene rings is 3. The molecule has 32 heavy (non-hydrogen) atoms. The molecule has 1 aliphatic rings. The molecule has 3 aromatic carbocycles. The Kier molecular flexibility index (Phi) is 6.72. The number of fused-ring (bicyclic) bond motifs is 1. The molecule has 6 nitrogen and oxygen atoms in total. The normalized spacial score (nSPS) is 15.1. The highest BCUT2D eigenvalue weighted by atomic mass is 32.2. The number of anilines is 1. The molecule has 0 aromatic heterocycles. The Balaban J connectivity index is 1.27. The number of sulfonamides is 1. The number of piperazine rings is 1. The second-order valence-corrected chi connectivity index (χ2v) is 9.91. The first-order chi connectivity index (χ1) is 15.4. The number of amides is 1. The Hall–Kier alpha value is -2.97. The Morgan fingerprint density at radius 3 is 2.38 bits per heavy atom. The van der Waals surface area contributed by atoms with Gasteiger partial charge in [-0.05, 0) is 28.5 Å². The van der Waals surface area contributed by atoms with E-state index in [-0.39, 0.29) is 30.4 Å². The topological polar surface area (TPSA) is 69.7 Å². The zero-order valence-corrected chi connectivity index (χ0v) is 18.5. The van der Waals surface area contributed by atoms with Gasteiger partial charge in [-0.1, -0.05) is 54.6 Å². The molecule has 1 amide bonds. The number of halogens is 1. The predicted octanol–water partition coefficient (Wildman–Crippen LogP) is 2.79. The van der Waals surface area contributed by atoms with Gasteiger partial charge in [0.05, 0.1) is 17.9 Å². The van der Waals surface area contributed by atoms with Gasteiger partial charge >= 0.3 is 0 Å². The predicted molar refractivity (Wildman–Crippen MR) is 125 cm³/mol. The molecule has 168 valence electrons. The Labute approximate surface area is 187 Å². The number of rotatable bonds is 7. The molecule has 3 aromatic rings. The summed E-state index contributed by atoms with van der Waals surface area (Å²) in [7, 11) is -3.50. The fourth-order valence-electron chi connectivity index (χ4n) is 4.05. The van der Waals surface area contributed by atoms with Crippen molar-refractivity contribution in [3.05, 3.63) is 78.1 Å². The summed E-state index contributed by atoms with van der Waals surface area (Å²) in [6.45, 7) is 1.49. The molecule has 1 N–H and O–H groups in total. The molecule has 4 rings (SSSR count). The van der Waals surface area contributed by atoms with Crippen LogP contribution >= 0.6 is 0 Å². The minimum Gasteiger partial charge on any atom is -0.367 e. The van der Waals surface area contributed by atoms with Crippen molar-refractivity contribution in [1.29, 1.82) is 0 Å². The number of carbonyl (C=O) groups excluding carboxylic acids is 1. The average molecular weight is 456 g/mol. The van der Waals surface area contributed by atoms with Gasteiger partial charge in [-0.15, -0.1) is 0 Å². The molecule has 0 unspecified atom stereocenters. The molecule has 0 saturated carbocycles. The molecule has 0 bridgehead atoms. The lowest BCUT2D eigenvalue weighted by Crippen LogP contribution is -2.50. The Morgan fingerprint density at radius 2 is 1.59 bits per heavy atom. The summed E-state index contributed by atoms with van der Waals surface area (Å²) in [5.41, 5.74) is 1.40. The molecule has 1 aliphatic heterocycles. The van der Waals surface area contributed by atoms with Gasteiger partial charge in [0.25, 0.3) is 0 Å². The lowest BCUT2D eigenvalue weighted by atomic mass is 10.0. The van der Waals surface area contributed by atoms with E-state index in [0.29, 0.717) is 31.9 Å². The third kappa shape index (κ3) is 5.08. The zero-order valence-electron chi connectivity index (χ0n) is 17.7. The van der Waals surface area contributed by atoms with Crippen LogP contribution in [-0.4, -0.2) is 57.1 Å². The van der Waals surface area contributed by atoms with Crippen molar-refractivity contribution in [2.75, 3.05) is 43.4 Å². The molecule has 1 fully saturated rings. The summed E-state index contributed by atoms with van der Waals surface area (Å²) < 4.78 is 40.8. The van der Waals surface area contributed by atoms with Crippen molar-refractivity contribution in [2.24, 2.45) is 0 Å². The van der Waals surface area contributed by atoms with Crippen molar-refractivity contribution < 1.29 is 17.6 Å². The van der Waals surface area contributed by atoms with Crippen LogP contribution < -0.4 is 10.2 Å². The van der Waals surface area contributed by atoms with Crippen LogP contribution in [0, 0.1) is 5.82 Å². The van der Waals surface area contributed by atoms with E-state index in [9.17, 15) is 17.6 Å². The van der Waals surface area contributed by atoms with E-state index in [2.05, 4.69) is 5.32 Å². The van der Waals surface area contributed by atoms with Crippen molar-refractivity contribution in [2.45, 2.75) is 6.42 Å². The third-order valence-electron chi connectivity index (χ3n) is 5.74. The molecule has 8 heteroatoms. The second kappa shape index (κ2) is 9.67. The smallest absolute Gasteiger partial charge is 0.224 e. The van der Waals surface area contributed by atoms with Gasteiger partial charge < -0.3 is 10.2 Å². The van der Waals surface area contributed by atoms with Gasteiger partial charge in [-0.2, -0.15) is 4.31 Å². The monoisotopic (exact) mass is 455 g/mol. The first-order valence-electron chi connectivity index (χ1n) is 10.6. The van der Waals surface area contributed by atoms with E-state index in [0.717, 1.165) is 16.3 Å². The highest BCUT2D eigenvalue weighted by Crippen LogP contribution is 2.21. The first-order valence-corrected chi connectivity index (χ1v) is 12.3. The minimum atomic E-state index is -3.50. The molecule has 0 spiro atoms. The fraction of sp³-hybridized carbons (Fsp3) is 0.292. The number of para-hydroxylation sites is 1. The Bertz CT molecular complexity index is 1200. The van der Waals surface area contributed by atoms with E-state index in [1.165, 1.54) is 10.4 Å². The lowest BCUT2D eigenvalue weighted by Gasteiger charge is -2.35. The highest BCUT2D eigenvalue weighted by molar-refractivity contribution is 7.89. The number of hydrogen-bond donors (Lipinski definition) is 1. The van der Waals surface area contributed by atoms with Gasteiger partial charge in [0, 0.05) is 32.7 Å². The maximum absolute atomic E-state index is 14.0. The van der Waals surface area contributed by atoms with Crippen LogP contribution in [0.3, 0.4) is 0 Å². The average Bonchev–Trinajstić information content (AvgIpc) is 2.80. The largest absolute Gasteiger partial charge is 0.367 e. The standard InChI is InChI=1S/C24H26FN3O3S/c25-22-10-3-4-11-23(22)27-13-15-28(16-14-27)32(30,31)17-12-26-24(29)18-20-8-5-7-19-6-1-2-9-21(19)20/h1-11H,12-18H2,(H,26,29). The fourth-order valence-corrected chi connectivity index (χ4v) is 5.38. The van der Waals surface area contributed by atoms with Crippen molar-refractivity contribution in [3.8, 4) is 0 Å². The third-order valence-corrected chi connectivity index (χ3v) is 7.61. The second-order valence-electron chi connectivity index (χ2n) is 7.82. The summed E-state index contributed by atoms with van der Waals surface area (Å²) >= 11 is 0. The summed E-state index contributed by atoms with van der Waals surface area (Å²) in [6.07, 6.45) is 0.197. The van der Waals surface area contributed by atoms with Crippen LogP contribution in [0.4, 0.5) is 10.1 Å². The van der Waals surface area contributed by atoms with Crippen LogP contribution in [0.15, 0.2) is 66.7 Å². The van der Waals surface area contributed by atoms with Gasteiger partial charge in [-0.25, -0.2) is 12.8 Å². The van der Waals surface area contributed by atoms with E-state index >= 15 is 0 Å². The van der Waals surface area contributed by atoms with Crippen LogP contribution in [-0.2, 0) is 21.2 Å². The summed E-state index contributed by atoms with van der Waals surface area (Å²) in [6, 6.07) is 20.2. The number of carbonyl (C=O) groups is 1. The number of nitrogens with zero attached hydrogens (tertiary/aromatic N) is 2. The minimum absolute atomic E-state index is 0.0550. The van der Waals surface area contributed by atoms with E-state index in [1.807, 2.05) is 47.4 Å². The van der Waals surface area contributed by atoms with Gasteiger partial charge in [0.1, 0.15) is 5.82 Å². The molecular weight excluding hydrogens is 429 g/mol. The van der Waals surface area contributed by atoms with Crippen LogP contribution in [0.5, 0.6) is 0 Å². The maximum Gasteiger partial charge on any atom is 0.224 e. The molecule has 1 saturated heterocycles. The zero-order chi connectivity index (χ0) is 22.6. The van der Waals surface area contributed by atoms with E-state index in [1.54, 1.807) is 18.2 Å². The number of hydrogen-bond acceptors (Lipinski definition) is 4. The molecule has 0 atom stereocenters. The lowest BCUT2D eigenvalue weighted by molar-refractivity contribution is -0.120. The van der Waals surface area contributed by atoms with Crippen molar-refractivity contribution >= 4 is 32.4 Å². The van der Waals surface area contributed by atoms with Gasteiger partial charge in [0.2, 0.25) is 15.9 Å². The van der Waals surface area contributed by atoms with Crippen LogP contribution in [0.25, 0.3) is 10.8 Å². The Morgan fingerprint density at radius 1 is 0.906 bits per heavy atom. The van der Waals surface area contributed by atoms with Gasteiger partial charge in [-0.3, -0.25) is 4.79 Å². The first kappa shape index (κ1) is 22.2. The molecule has 0 aliphatic carbocycles. The van der Waals surface area contributed by atoms with E-state index in [4.69, 9.17) is 0 Å². The van der Waals surface area contributed by atoms with Crippen molar-refractivity contribution in [3.63, 3.8) is 0 Å². The summed E-state index contributed by atoms with van der Waals surface area (Å²) in [5, 5.41) is 4.81. The summed E-state index contributed by atoms with van der Waals surface area (Å²) in [5.74, 6) is -0.674. The molecule has 1 heterocycles. The molecule has 0 radical (unpaired) electrons. The van der Waals surface area contributed by atoms with Crippen LogP contribution in [0.1, 0.15) is 5.56 Å². The maximum atomic E-state index is 14.0. The van der Waals surface area contributed by atoms with Crippen molar-refractivity contribution in [1.82, 2.24) is 9.62 Å². The summed E-state index contributed by atoms with van der Waals surface area (Å²) in [4.78, 5) is 14.2. The quantitative estimate of drug-likeness (QED) is 0.595. The van der Waals surface area contributed by atoms with E-state index < -0.39 is 10.0 Å². The molecular formula is C24H26FN3O3S. The highest BCUT2D eigenvalue weighted by Gasteiger charge is 2.27.